The van der Waals surface area contributed by atoms with Gasteiger partial charge in [0.25, 0.3) is 0 Å². The first-order valence-electron chi connectivity index (χ1n) is 17.2. The van der Waals surface area contributed by atoms with Gasteiger partial charge in [-0.05, 0) is 97.6 Å². The average molecular weight is 652 g/mol. The van der Waals surface area contributed by atoms with Gasteiger partial charge < -0.3 is 9.80 Å². The van der Waals surface area contributed by atoms with Crippen molar-refractivity contribution in [2.45, 2.75) is 38.9 Å². The summed E-state index contributed by atoms with van der Waals surface area (Å²) in [5.41, 5.74) is 16.5. The summed E-state index contributed by atoms with van der Waals surface area (Å²) in [4.78, 5) is 4.72. The van der Waals surface area contributed by atoms with E-state index in [9.17, 15) is 0 Å². The van der Waals surface area contributed by atoms with Gasteiger partial charge in [-0.25, -0.2) is 0 Å². The van der Waals surface area contributed by atoms with E-state index in [-0.39, 0.29) is 0 Å². The van der Waals surface area contributed by atoms with Gasteiger partial charge in [0.15, 0.2) is 0 Å². The molecule has 0 aromatic heterocycles. The number of rotatable bonds is 7. The molecule has 3 heteroatoms. The third-order valence-corrected chi connectivity index (χ3v) is 11.3. The molecule has 2 aliphatic rings. The third kappa shape index (κ3) is 6.68. The number of anilines is 6. The Morgan fingerprint density at radius 2 is 0.898 bits per heavy atom. The molecule has 0 fully saturated rings. The fraction of sp³-hybridized carbons (Fsp3) is 0.130. The first kappa shape index (κ1) is 32.2. The van der Waals surface area contributed by atoms with E-state index in [0.29, 0.717) is 5.54 Å². The lowest BCUT2D eigenvalue weighted by molar-refractivity contribution is 1.10. The van der Waals surface area contributed by atoms with E-state index in [1.807, 2.05) is 0 Å². The predicted molar refractivity (Wildman–Crippen MR) is 213 cm³/mol. The van der Waals surface area contributed by atoms with E-state index in [2.05, 4.69) is 207 Å². The zero-order valence-electron chi connectivity index (χ0n) is 28.8. The van der Waals surface area contributed by atoms with Crippen LogP contribution in [0.3, 0.4) is 0 Å². The molecule has 6 aromatic carbocycles. The van der Waals surface area contributed by atoms with Crippen molar-refractivity contribution in [2.24, 2.45) is 0 Å². The number of fused-ring (bicyclic) bond motifs is 2. The minimum Gasteiger partial charge on any atom is -0.310 e. The van der Waals surface area contributed by atoms with Crippen LogP contribution in [0.4, 0.5) is 34.1 Å². The third-order valence-electron chi connectivity index (χ3n) is 9.41. The summed E-state index contributed by atoms with van der Waals surface area (Å²) in [5.74, 6) is 0. The van der Waals surface area contributed by atoms with E-state index in [1.165, 1.54) is 67.5 Å². The van der Waals surface area contributed by atoms with Crippen LogP contribution in [0.25, 0.3) is 12.2 Å². The number of hydrogen-bond acceptors (Lipinski definition) is 2. The topological polar surface area (TPSA) is 6.48 Å². The first-order chi connectivity index (χ1) is 24.0. The Kier molecular flexibility index (Phi) is 9.45. The van der Waals surface area contributed by atoms with Crippen molar-refractivity contribution in [3.05, 3.63) is 191 Å². The molecule has 49 heavy (non-hydrogen) atoms. The maximum absolute atomic E-state index is 2.42. The van der Waals surface area contributed by atoms with Crippen molar-refractivity contribution in [1.29, 1.82) is 0 Å². The summed E-state index contributed by atoms with van der Waals surface area (Å²) in [7, 11) is -0.429. The molecule has 0 saturated carbocycles. The largest absolute Gasteiger partial charge is 0.310 e. The molecular weight excluding hydrogens is 609 g/mol. The fourth-order valence-corrected chi connectivity index (χ4v) is 9.24. The highest BCUT2D eigenvalue weighted by Gasteiger charge is 2.29. The summed E-state index contributed by atoms with van der Waals surface area (Å²) < 4.78 is 0. The lowest BCUT2D eigenvalue weighted by Gasteiger charge is -2.28. The Bertz CT molecular complexity index is 2010. The molecular formula is C46H43N2Si. The molecule has 2 aliphatic carbocycles. The van der Waals surface area contributed by atoms with E-state index >= 15 is 0 Å². The van der Waals surface area contributed by atoms with Crippen LogP contribution in [0.1, 0.15) is 41.6 Å². The molecule has 0 amide bonds. The minimum absolute atomic E-state index is 0.429. The monoisotopic (exact) mass is 651 g/mol. The van der Waals surface area contributed by atoms with Gasteiger partial charge in [-0.3, -0.25) is 0 Å². The van der Waals surface area contributed by atoms with E-state index in [0.717, 1.165) is 6.42 Å². The fourth-order valence-electron chi connectivity index (χ4n) is 7.37. The smallest absolute Gasteiger partial charge is 0.0551 e. The molecule has 1 radical (unpaired) electrons. The maximum Gasteiger partial charge on any atom is 0.0551 e. The highest BCUT2D eigenvalue weighted by atomic mass is 28.3. The summed E-state index contributed by atoms with van der Waals surface area (Å²) in [6.45, 7) is 9.34. The van der Waals surface area contributed by atoms with Crippen molar-refractivity contribution in [3.63, 3.8) is 0 Å². The number of nitrogens with zero attached hydrogens (tertiary/aromatic N) is 2. The molecule has 0 heterocycles. The molecule has 6 aromatic rings. The zero-order valence-corrected chi connectivity index (χ0v) is 29.8. The van der Waals surface area contributed by atoms with Crippen LogP contribution >= 0.6 is 0 Å². The lowest BCUT2D eigenvalue weighted by atomic mass is 10.0. The predicted octanol–water partition coefficient (Wildman–Crippen LogP) is 13.1. The van der Waals surface area contributed by atoms with Crippen molar-refractivity contribution >= 4 is 55.1 Å². The van der Waals surface area contributed by atoms with Gasteiger partial charge in [0.1, 0.15) is 0 Å². The number of allylic oxidation sites excluding steroid dienone is 2. The van der Waals surface area contributed by atoms with Crippen molar-refractivity contribution in [3.8, 4) is 0 Å². The summed E-state index contributed by atoms with van der Waals surface area (Å²) in [6.07, 6.45) is 5.79. The number of hydrogen-bond donors (Lipinski definition) is 0. The van der Waals surface area contributed by atoms with Crippen LogP contribution in [0.5, 0.6) is 0 Å². The van der Waals surface area contributed by atoms with Crippen LogP contribution in [-0.2, 0) is 6.42 Å². The lowest BCUT2D eigenvalue weighted by Crippen LogP contribution is -2.16. The van der Waals surface area contributed by atoms with Gasteiger partial charge in [-0.15, -0.1) is 0 Å². The molecule has 1 unspecified atom stereocenters. The van der Waals surface area contributed by atoms with Crippen molar-refractivity contribution < 1.29 is 0 Å². The van der Waals surface area contributed by atoms with Gasteiger partial charge >= 0.3 is 0 Å². The summed E-state index contributed by atoms with van der Waals surface area (Å²) in [6, 6.07) is 55.9. The molecule has 0 spiro atoms. The van der Waals surface area contributed by atoms with Gasteiger partial charge in [0.05, 0.1) is 20.2 Å². The maximum atomic E-state index is 2.42. The van der Waals surface area contributed by atoms with Gasteiger partial charge in [-0.1, -0.05) is 133 Å². The van der Waals surface area contributed by atoms with Crippen LogP contribution < -0.4 is 9.80 Å². The molecule has 241 valence electrons. The standard InChI is InChI=1S/C24H24NSi.C22H19N/c1-18-17-22-21(24(18)26(2)3)15-10-16-23(22)25(19-11-6-4-7-12-19)20-13-8-5-9-14-20;1-17-15-18-9-8-14-22(21(18)16-17)23(19-10-4-2-5-11-19)20-12-6-3-7-13-20/h4-17,24H,1-3H3;2-14,16H,15H2,1H3. The van der Waals surface area contributed by atoms with Crippen LogP contribution in [0.2, 0.25) is 13.1 Å². The van der Waals surface area contributed by atoms with Gasteiger partial charge in [0.2, 0.25) is 0 Å². The Hall–Kier alpha value is -5.38. The van der Waals surface area contributed by atoms with Crippen LogP contribution in [-0.4, -0.2) is 8.80 Å². The molecule has 8 rings (SSSR count). The second-order valence-electron chi connectivity index (χ2n) is 13.2. The first-order valence-corrected chi connectivity index (χ1v) is 19.8. The minimum atomic E-state index is -0.429. The SMILES string of the molecule is CC1=Cc2c(cccc2N(c2ccccc2)c2ccccc2)C1.CC1=Cc2c(cccc2N(c2ccccc2)c2ccccc2)C1[Si](C)C. The molecule has 2 nitrogen and oxygen atoms in total. The van der Waals surface area contributed by atoms with Crippen LogP contribution in [0.15, 0.2) is 169 Å². The molecule has 0 bridgehead atoms. The summed E-state index contributed by atoms with van der Waals surface area (Å²) >= 11 is 0. The number of para-hydroxylation sites is 4. The van der Waals surface area contributed by atoms with Gasteiger partial charge in [-0.2, -0.15) is 0 Å². The number of benzene rings is 6. The van der Waals surface area contributed by atoms with E-state index < -0.39 is 8.80 Å². The molecule has 0 N–H and O–H groups in total. The van der Waals surface area contributed by atoms with Crippen molar-refractivity contribution in [2.75, 3.05) is 9.80 Å². The molecule has 0 saturated heterocycles. The van der Waals surface area contributed by atoms with Crippen LogP contribution in [0, 0.1) is 0 Å². The van der Waals surface area contributed by atoms with E-state index in [4.69, 9.17) is 0 Å². The second kappa shape index (κ2) is 14.4. The molecule has 1 atom stereocenters. The summed E-state index contributed by atoms with van der Waals surface area (Å²) in [5, 5.41) is 0. The Morgan fingerprint density at radius 3 is 1.35 bits per heavy atom. The molecule has 0 aliphatic heterocycles. The van der Waals surface area contributed by atoms with Gasteiger partial charge in [0, 0.05) is 33.9 Å². The van der Waals surface area contributed by atoms with Crippen molar-refractivity contribution in [1.82, 2.24) is 0 Å². The Morgan fingerprint density at radius 1 is 0.469 bits per heavy atom. The Balaban J connectivity index is 0.000000155. The Labute approximate surface area is 293 Å². The average Bonchev–Trinajstić information content (AvgIpc) is 3.70. The second-order valence-corrected chi connectivity index (χ2v) is 15.9. The highest BCUT2D eigenvalue weighted by Crippen LogP contribution is 2.46. The van der Waals surface area contributed by atoms with E-state index in [1.54, 1.807) is 0 Å². The quantitative estimate of drug-likeness (QED) is 0.159. The normalized spacial score (nSPS) is 14.3. The zero-order chi connectivity index (χ0) is 33.7. The highest BCUT2D eigenvalue weighted by molar-refractivity contribution is 6.58.